The second-order valence-corrected chi connectivity index (χ2v) is 6.79. The first-order chi connectivity index (χ1) is 13.4. The van der Waals surface area contributed by atoms with Crippen molar-refractivity contribution < 1.29 is 18.3 Å². The normalized spacial score (nSPS) is 10.9. The van der Waals surface area contributed by atoms with Gasteiger partial charge in [-0.15, -0.1) is 0 Å². The Morgan fingerprint density at radius 2 is 1.96 bits per heavy atom. The maximum absolute atomic E-state index is 12.9. The van der Waals surface area contributed by atoms with Gasteiger partial charge in [-0.25, -0.2) is 9.18 Å². The van der Waals surface area contributed by atoms with Crippen LogP contribution in [0.4, 0.5) is 4.39 Å². The lowest BCUT2D eigenvalue weighted by atomic mass is 10.0. The first kappa shape index (κ1) is 19.9. The van der Waals surface area contributed by atoms with Crippen LogP contribution in [0, 0.1) is 12.7 Å². The van der Waals surface area contributed by atoms with Gasteiger partial charge in [0, 0.05) is 18.0 Å². The predicted octanol–water partition coefficient (Wildman–Crippen LogP) is 3.80. The van der Waals surface area contributed by atoms with Crippen LogP contribution in [0.15, 0.2) is 45.6 Å². The Labute approximate surface area is 166 Å². The monoisotopic (exact) mass is 403 g/mol. The number of nitrogens with one attached hydrogen (secondary N) is 1. The van der Waals surface area contributed by atoms with Crippen molar-refractivity contribution in [3.8, 4) is 5.75 Å². The Kier molecular flexibility index (Phi) is 5.99. The molecule has 1 aromatic heterocycles. The van der Waals surface area contributed by atoms with Gasteiger partial charge in [0.2, 0.25) is 5.91 Å². The molecule has 1 heterocycles. The molecule has 7 heteroatoms. The highest BCUT2D eigenvalue weighted by molar-refractivity contribution is 6.32. The van der Waals surface area contributed by atoms with Gasteiger partial charge in [0.1, 0.15) is 17.1 Å². The van der Waals surface area contributed by atoms with Crippen LogP contribution >= 0.6 is 11.6 Å². The lowest BCUT2D eigenvalue weighted by Crippen LogP contribution is -2.29. The molecule has 5 nitrogen and oxygen atoms in total. The Hall–Kier alpha value is -2.86. The average molecular weight is 404 g/mol. The zero-order valence-corrected chi connectivity index (χ0v) is 16.2. The van der Waals surface area contributed by atoms with E-state index in [0.717, 1.165) is 5.56 Å². The van der Waals surface area contributed by atoms with Gasteiger partial charge in [-0.3, -0.25) is 4.79 Å². The van der Waals surface area contributed by atoms with Gasteiger partial charge in [-0.05, 0) is 42.7 Å². The van der Waals surface area contributed by atoms with Crippen LogP contribution in [-0.4, -0.2) is 19.6 Å². The molecule has 0 radical (unpaired) electrons. The van der Waals surface area contributed by atoms with Gasteiger partial charge >= 0.3 is 5.63 Å². The van der Waals surface area contributed by atoms with Crippen LogP contribution in [0.3, 0.4) is 0 Å². The average Bonchev–Trinajstić information content (AvgIpc) is 2.67. The number of carbonyl (C=O) groups excluding carboxylic acids is 1. The molecule has 0 aliphatic carbocycles. The summed E-state index contributed by atoms with van der Waals surface area (Å²) >= 11 is 6.16. The van der Waals surface area contributed by atoms with Crippen molar-refractivity contribution in [3.05, 3.63) is 74.3 Å². The second-order valence-electron chi connectivity index (χ2n) is 6.38. The molecule has 1 amide bonds. The maximum atomic E-state index is 12.9. The highest BCUT2D eigenvalue weighted by Crippen LogP contribution is 2.31. The fourth-order valence-corrected chi connectivity index (χ4v) is 3.21. The van der Waals surface area contributed by atoms with Crippen LogP contribution in [0.2, 0.25) is 5.02 Å². The number of aryl methyl sites for hydroxylation is 1. The SMILES string of the molecule is COc1cc2oc(=O)c(CC(=O)NCCc3ccc(F)cc3)c(C)c2cc1Cl. The molecule has 0 atom stereocenters. The summed E-state index contributed by atoms with van der Waals surface area (Å²) in [4.78, 5) is 24.6. The van der Waals surface area contributed by atoms with Gasteiger partial charge in [-0.2, -0.15) is 0 Å². The third-order valence-corrected chi connectivity index (χ3v) is 4.84. The molecular formula is C21H19ClFNO4. The molecule has 3 rings (SSSR count). The van der Waals surface area contributed by atoms with E-state index in [4.69, 9.17) is 20.8 Å². The summed E-state index contributed by atoms with van der Waals surface area (Å²) in [5, 5.41) is 3.81. The van der Waals surface area contributed by atoms with E-state index in [0.29, 0.717) is 40.3 Å². The third kappa shape index (κ3) is 4.34. The topological polar surface area (TPSA) is 68.5 Å². The fourth-order valence-electron chi connectivity index (χ4n) is 2.97. The highest BCUT2D eigenvalue weighted by atomic mass is 35.5. The summed E-state index contributed by atoms with van der Waals surface area (Å²) in [6.45, 7) is 2.13. The van der Waals surface area contributed by atoms with E-state index >= 15 is 0 Å². The maximum Gasteiger partial charge on any atom is 0.340 e. The Morgan fingerprint density at radius 1 is 1.25 bits per heavy atom. The smallest absolute Gasteiger partial charge is 0.340 e. The van der Waals surface area contributed by atoms with E-state index in [-0.39, 0.29) is 23.7 Å². The second kappa shape index (κ2) is 8.44. The van der Waals surface area contributed by atoms with Crippen molar-refractivity contribution in [2.24, 2.45) is 0 Å². The molecule has 28 heavy (non-hydrogen) atoms. The molecular weight excluding hydrogens is 385 g/mol. The molecule has 1 N–H and O–H groups in total. The largest absolute Gasteiger partial charge is 0.495 e. The standard InChI is InChI=1S/C21H19ClFNO4/c1-12-15-9-17(22)19(27-2)11-18(15)28-21(26)16(12)10-20(25)24-8-7-13-3-5-14(23)6-4-13/h3-6,9,11H,7-8,10H2,1-2H3,(H,24,25). The minimum atomic E-state index is -0.567. The molecule has 0 spiro atoms. The first-order valence-corrected chi connectivity index (χ1v) is 9.08. The Bertz CT molecular complexity index is 1080. The van der Waals surface area contributed by atoms with Gasteiger partial charge in [-0.1, -0.05) is 23.7 Å². The third-order valence-electron chi connectivity index (χ3n) is 4.55. The van der Waals surface area contributed by atoms with E-state index < -0.39 is 5.63 Å². The molecule has 2 aromatic carbocycles. The van der Waals surface area contributed by atoms with Crippen molar-refractivity contribution in [3.63, 3.8) is 0 Å². The van der Waals surface area contributed by atoms with Crippen LogP contribution in [0.1, 0.15) is 16.7 Å². The zero-order valence-electron chi connectivity index (χ0n) is 15.5. The molecule has 0 saturated carbocycles. The lowest BCUT2D eigenvalue weighted by molar-refractivity contribution is -0.120. The van der Waals surface area contributed by atoms with Crippen molar-refractivity contribution in [1.29, 1.82) is 0 Å². The number of methoxy groups -OCH3 is 1. The number of amides is 1. The van der Waals surface area contributed by atoms with Crippen LogP contribution < -0.4 is 15.7 Å². The quantitative estimate of drug-likeness (QED) is 0.635. The molecule has 3 aromatic rings. The zero-order chi connectivity index (χ0) is 20.3. The van der Waals surface area contributed by atoms with Crippen molar-refractivity contribution in [1.82, 2.24) is 5.32 Å². The number of ether oxygens (including phenoxy) is 1. The number of hydrogen-bond acceptors (Lipinski definition) is 4. The summed E-state index contributed by atoms with van der Waals surface area (Å²) in [5.41, 5.74) is 1.62. The van der Waals surface area contributed by atoms with Gasteiger partial charge < -0.3 is 14.5 Å². The molecule has 0 fully saturated rings. The molecule has 0 unspecified atom stereocenters. The van der Waals surface area contributed by atoms with Crippen molar-refractivity contribution in [2.45, 2.75) is 19.8 Å². The molecule has 0 saturated heterocycles. The van der Waals surface area contributed by atoms with Crippen LogP contribution in [0.5, 0.6) is 5.75 Å². The van der Waals surface area contributed by atoms with Gasteiger partial charge in [0.15, 0.2) is 0 Å². The fraction of sp³-hybridized carbons (Fsp3) is 0.238. The summed E-state index contributed by atoms with van der Waals surface area (Å²) in [5.74, 6) is -0.191. The van der Waals surface area contributed by atoms with E-state index in [1.165, 1.54) is 19.2 Å². The summed E-state index contributed by atoms with van der Waals surface area (Å²) in [6, 6.07) is 9.30. The molecule has 146 valence electrons. The minimum absolute atomic E-state index is 0.100. The van der Waals surface area contributed by atoms with Gasteiger partial charge in [0.25, 0.3) is 0 Å². The van der Waals surface area contributed by atoms with E-state index in [9.17, 15) is 14.0 Å². The molecule has 0 bridgehead atoms. The predicted molar refractivity (Wildman–Crippen MR) is 106 cm³/mol. The van der Waals surface area contributed by atoms with E-state index in [1.54, 1.807) is 31.2 Å². The highest BCUT2D eigenvalue weighted by Gasteiger charge is 2.16. The number of hydrogen-bond donors (Lipinski definition) is 1. The van der Waals surface area contributed by atoms with Crippen LogP contribution in [-0.2, 0) is 17.6 Å². The molecule has 0 aliphatic heterocycles. The number of carbonyl (C=O) groups is 1. The van der Waals surface area contributed by atoms with E-state index in [2.05, 4.69) is 5.32 Å². The van der Waals surface area contributed by atoms with E-state index in [1.807, 2.05) is 0 Å². The number of halogens is 2. The van der Waals surface area contributed by atoms with Crippen molar-refractivity contribution in [2.75, 3.05) is 13.7 Å². The van der Waals surface area contributed by atoms with Crippen molar-refractivity contribution >= 4 is 28.5 Å². The van der Waals surface area contributed by atoms with Crippen LogP contribution in [0.25, 0.3) is 11.0 Å². The molecule has 0 aliphatic rings. The Morgan fingerprint density at radius 3 is 2.64 bits per heavy atom. The minimum Gasteiger partial charge on any atom is -0.495 e. The van der Waals surface area contributed by atoms with Gasteiger partial charge in [0.05, 0.1) is 24.1 Å². The lowest BCUT2D eigenvalue weighted by Gasteiger charge is -2.10. The number of fused-ring (bicyclic) bond motifs is 1. The Balaban J connectivity index is 1.73. The summed E-state index contributed by atoms with van der Waals surface area (Å²) < 4.78 is 23.4. The number of rotatable bonds is 6. The first-order valence-electron chi connectivity index (χ1n) is 8.70. The summed E-state index contributed by atoms with van der Waals surface area (Å²) in [6.07, 6.45) is 0.462. The number of benzene rings is 2. The summed E-state index contributed by atoms with van der Waals surface area (Å²) in [7, 11) is 1.47.